The summed E-state index contributed by atoms with van der Waals surface area (Å²) in [6, 6.07) is 7.20. The third-order valence-corrected chi connectivity index (χ3v) is 5.30. The Kier molecular flexibility index (Phi) is 5.43. The van der Waals surface area contributed by atoms with E-state index in [4.69, 9.17) is 9.84 Å². The van der Waals surface area contributed by atoms with Crippen molar-refractivity contribution in [3.05, 3.63) is 40.4 Å². The second-order valence-electron chi connectivity index (χ2n) is 5.86. The van der Waals surface area contributed by atoms with Gasteiger partial charge in [0, 0.05) is 24.0 Å². The Labute approximate surface area is 159 Å². The lowest BCUT2D eigenvalue weighted by molar-refractivity contribution is -0.136. The summed E-state index contributed by atoms with van der Waals surface area (Å²) >= 11 is 1.37. The van der Waals surface area contributed by atoms with Gasteiger partial charge >= 0.3 is 5.97 Å². The summed E-state index contributed by atoms with van der Waals surface area (Å²) in [7, 11) is 2.83. The Morgan fingerprint density at radius 1 is 1.33 bits per heavy atom. The fraction of sp³-hybridized carbons (Fsp3) is 0.278. The van der Waals surface area contributed by atoms with Crippen molar-refractivity contribution in [2.45, 2.75) is 0 Å². The number of esters is 1. The van der Waals surface area contributed by atoms with Gasteiger partial charge in [-0.05, 0) is 29.7 Å². The highest BCUT2D eigenvalue weighted by Gasteiger charge is 2.34. The molecule has 0 unspecified atom stereocenters. The van der Waals surface area contributed by atoms with Crippen molar-refractivity contribution >= 4 is 44.9 Å². The van der Waals surface area contributed by atoms with Gasteiger partial charge in [-0.3, -0.25) is 9.59 Å². The summed E-state index contributed by atoms with van der Waals surface area (Å²) in [5.74, 6) is -1.13. The standard InChI is InChI=1S/C18H19N3O5S/c1-19-16(23)14-8-10-7-11(3-4-13(10)27-14)20-15-12(18(25)26-2)9-21(5-6-22)17(15)24/h3-4,7-8,20,22H,5-6,9H2,1-2H3,(H,19,23). The first-order valence-corrected chi connectivity index (χ1v) is 9.04. The molecule has 27 heavy (non-hydrogen) atoms. The number of hydrogen-bond acceptors (Lipinski definition) is 7. The van der Waals surface area contributed by atoms with Crippen LogP contribution in [0.4, 0.5) is 5.69 Å². The minimum atomic E-state index is -0.593. The smallest absolute Gasteiger partial charge is 0.337 e. The SMILES string of the molecule is CNC(=O)c1cc2cc(NC3=C(C(=O)OC)CN(CCO)C3=O)ccc2s1. The summed E-state index contributed by atoms with van der Waals surface area (Å²) < 4.78 is 5.70. The molecule has 9 heteroatoms. The zero-order valence-corrected chi connectivity index (χ0v) is 15.7. The van der Waals surface area contributed by atoms with Crippen LogP contribution in [-0.2, 0) is 14.3 Å². The summed E-state index contributed by atoms with van der Waals surface area (Å²) in [5.41, 5.74) is 0.961. The Morgan fingerprint density at radius 2 is 2.11 bits per heavy atom. The number of nitrogens with zero attached hydrogens (tertiary/aromatic N) is 1. The molecule has 3 rings (SSSR count). The Balaban J connectivity index is 1.92. The fourth-order valence-corrected chi connectivity index (χ4v) is 3.84. The molecule has 0 fully saturated rings. The van der Waals surface area contributed by atoms with Crippen LogP contribution in [-0.4, -0.2) is 61.6 Å². The number of thiophene rings is 1. The molecule has 2 amide bonds. The molecular weight excluding hydrogens is 370 g/mol. The molecule has 0 atom stereocenters. The molecule has 3 N–H and O–H groups in total. The first kappa shape index (κ1) is 18.9. The highest BCUT2D eigenvalue weighted by molar-refractivity contribution is 7.20. The van der Waals surface area contributed by atoms with E-state index in [1.54, 1.807) is 19.2 Å². The third kappa shape index (κ3) is 3.64. The van der Waals surface area contributed by atoms with Crippen molar-refractivity contribution in [1.82, 2.24) is 10.2 Å². The Hall–Kier alpha value is -2.91. The van der Waals surface area contributed by atoms with E-state index in [0.717, 1.165) is 10.1 Å². The second-order valence-corrected chi connectivity index (χ2v) is 6.95. The minimum Gasteiger partial charge on any atom is -0.466 e. The van der Waals surface area contributed by atoms with Gasteiger partial charge in [0.15, 0.2) is 0 Å². The highest BCUT2D eigenvalue weighted by atomic mass is 32.1. The molecule has 2 heterocycles. The van der Waals surface area contributed by atoms with Crippen molar-refractivity contribution in [2.24, 2.45) is 0 Å². The number of fused-ring (bicyclic) bond motifs is 1. The number of β-amino-alcohol motifs (C(OH)–C–C–N with tert-alkyl or cyclic N) is 1. The number of carbonyl (C=O) groups excluding carboxylic acids is 3. The maximum atomic E-state index is 12.6. The Bertz CT molecular complexity index is 950. The molecule has 1 aliphatic rings. The molecule has 0 radical (unpaired) electrons. The zero-order valence-electron chi connectivity index (χ0n) is 14.9. The molecular formula is C18H19N3O5S. The van der Waals surface area contributed by atoms with E-state index in [-0.39, 0.29) is 42.8 Å². The molecule has 0 saturated heterocycles. The third-order valence-electron chi connectivity index (χ3n) is 4.19. The van der Waals surface area contributed by atoms with E-state index < -0.39 is 5.97 Å². The number of anilines is 1. The van der Waals surface area contributed by atoms with Crippen LogP contribution in [0.5, 0.6) is 0 Å². The number of carbonyl (C=O) groups is 3. The number of hydrogen-bond donors (Lipinski definition) is 3. The van der Waals surface area contributed by atoms with Crippen LogP contribution in [0.2, 0.25) is 0 Å². The minimum absolute atomic E-state index is 0.0793. The number of methoxy groups -OCH3 is 1. The summed E-state index contributed by atoms with van der Waals surface area (Å²) in [6.07, 6.45) is 0. The molecule has 2 aromatic rings. The number of nitrogens with one attached hydrogen (secondary N) is 2. The van der Waals surface area contributed by atoms with Gasteiger partial charge in [-0.1, -0.05) is 0 Å². The molecule has 8 nitrogen and oxygen atoms in total. The molecule has 0 bridgehead atoms. The van der Waals surface area contributed by atoms with Crippen molar-refractivity contribution in [3.63, 3.8) is 0 Å². The van der Waals surface area contributed by atoms with Crippen LogP contribution < -0.4 is 10.6 Å². The van der Waals surface area contributed by atoms with E-state index in [9.17, 15) is 14.4 Å². The molecule has 0 saturated carbocycles. The van der Waals surface area contributed by atoms with Gasteiger partial charge < -0.3 is 25.4 Å². The summed E-state index contributed by atoms with van der Waals surface area (Å²) in [4.78, 5) is 38.3. The number of aliphatic hydroxyl groups is 1. The second kappa shape index (κ2) is 7.77. The first-order valence-electron chi connectivity index (χ1n) is 8.22. The van der Waals surface area contributed by atoms with Gasteiger partial charge in [-0.15, -0.1) is 11.3 Å². The average molecular weight is 389 g/mol. The largest absolute Gasteiger partial charge is 0.466 e. The summed E-state index contributed by atoms with van der Waals surface area (Å²) in [5, 5.41) is 15.5. The molecule has 1 aromatic heterocycles. The molecule has 0 spiro atoms. The van der Waals surface area contributed by atoms with Crippen molar-refractivity contribution in [3.8, 4) is 0 Å². The zero-order chi connectivity index (χ0) is 19.6. The molecule has 1 aromatic carbocycles. The molecule has 0 aliphatic carbocycles. The number of rotatable bonds is 6. The predicted octanol–water partition coefficient (Wildman–Crippen LogP) is 0.934. The molecule has 1 aliphatic heterocycles. The van der Waals surface area contributed by atoms with E-state index >= 15 is 0 Å². The van der Waals surface area contributed by atoms with Crippen LogP contribution in [0.15, 0.2) is 35.5 Å². The lowest BCUT2D eigenvalue weighted by atomic mass is 10.2. The maximum Gasteiger partial charge on any atom is 0.337 e. The van der Waals surface area contributed by atoms with Crippen LogP contribution in [0.1, 0.15) is 9.67 Å². The predicted molar refractivity (Wildman–Crippen MR) is 102 cm³/mol. The lowest BCUT2D eigenvalue weighted by Gasteiger charge is -2.15. The van der Waals surface area contributed by atoms with Gasteiger partial charge in [0.25, 0.3) is 11.8 Å². The van der Waals surface area contributed by atoms with E-state index in [1.807, 2.05) is 12.1 Å². The van der Waals surface area contributed by atoms with E-state index in [0.29, 0.717) is 10.6 Å². The maximum absolute atomic E-state index is 12.6. The Morgan fingerprint density at radius 3 is 2.78 bits per heavy atom. The van der Waals surface area contributed by atoms with Crippen LogP contribution >= 0.6 is 11.3 Å². The van der Waals surface area contributed by atoms with Gasteiger partial charge in [0.1, 0.15) is 5.70 Å². The van der Waals surface area contributed by atoms with Crippen molar-refractivity contribution in [1.29, 1.82) is 0 Å². The molecule has 142 valence electrons. The number of aliphatic hydroxyl groups excluding tert-OH is 1. The monoisotopic (exact) mass is 389 g/mol. The summed E-state index contributed by atoms with van der Waals surface area (Å²) in [6.45, 7) is 0.0100. The average Bonchev–Trinajstić information content (AvgIpc) is 3.23. The quantitative estimate of drug-likeness (QED) is 0.635. The lowest BCUT2D eigenvalue weighted by Crippen LogP contribution is -2.31. The van der Waals surface area contributed by atoms with Crippen molar-refractivity contribution < 1.29 is 24.2 Å². The normalized spacial score (nSPS) is 14.0. The van der Waals surface area contributed by atoms with Crippen molar-refractivity contribution in [2.75, 3.05) is 39.2 Å². The van der Waals surface area contributed by atoms with Crippen LogP contribution in [0.25, 0.3) is 10.1 Å². The highest BCUT2D eigenvalue weighted by Crippen LogP contribution is 2.30. The number of ether oxygens (including phenoxy) is 1. The fourth-order valence-electron chi connectivity index (χ4n) is 2.85. The van der Waals surface area contributed by atoms with Gasteiger partial charge in [-0.25, -0.2) is 4.79 Å². The first-order chi connectivity index (χ1) is 13.0. The topological polar surface area (TPSA) is 108 Å². The number of benzene rings is 1. The van der Waals surface area contributed by atoms with Gasteiger partial charge in [0.05, 0.1) is 30.7 Å². The van der Waals surface area contributed by atoms with Crippen LogP contribution in [0, 0.1) is 0 Å². The van der Waals surface area contributed by atoms with E-state index in [1.165, 1.54) is 23.3 Å². The van der Waals surface area contributed by atoms with Gasteiger partial charge in [-0.2, -0.15) is 0 Å². The number of amides is 2. The van der Waals surface area contributed by atoms with E-state index in [2.05, 4.69) is 10.6 Å². The van der Waals surface area contributed by atoms with Crippen LogP contribution in [0.3, 0.4) is 0 Å². The van der Waals surface area contributed by atoms with Gasteiger partial charge in [0.2, 0.25) is 0 Å².